The van der Waals surface area contributed by atoms with Gasteiger partial charge in [-0.05, 0) is 37.5 Å². The monoisotopic (exact) mass is 318 g/mol. The summed E-state index contributed by atoms with van der Waals surface area (Å²) < 4.78 is 50.2. The lowest BCUT2D eigenvalue weighted by molar-refractivity contribution is 0.517. The molecule has 0 saturated carbocycles. The van der Waals surface area contributed by atoms with Crippen LogP contribution in [0, 0.1) is 6.92 Å². The van der Waals surface area contributed by atoms with Crippen molar-refractivity contribution in [2.45, 2.75) is 30.7 Å². The minimum absolute atomic E-state index is 0.0977. The van der Waals surface area contributed by atoms with E-state index in [-0.39, 0.29) is 16.4 Å². The van der Waals surface area contributed by atoms with Gasteiger partial charge in [0, 0.05) is 11.7 Å². The van der Waals surface area contributed by atoms with Gasteiger partial charge in [-0.3, -0.25) is 0 Å². The number of aryl methyl sites for hydroxylation is 1. The van der Waals surface area contributed by atoms with Gasteiger partial charge in [-0.15, -0.1) is 0 Å². The fourth-order valence-corrected chi connectivity index (χ4v) is 5.60. The lowest BCUT2D eigenvalue weighted by Gasteiger charge is -2.23. The van der Waals surface area contributed by atoms with Gasteiger partial charge >= 0.3 is 0 Å². The van der Waals surface area contributed by atoms with Crippen LogP contribution in [-0.2, 0) is 19.9 Å². The predicted molar refractivity (Wildman–Crippen MR) is 77.6 cm³/mol. The Morgan fingerprint density at radius 3 is 2.70 bits per heavy atom. The van der Waals surface area contributed by atoms with E-state index in [9.17, 15) is 16.8 Å². The van der Waals surface area contributed by atoms with Gasteiger partial charge in [0.1, 0.15) is 0 Å². The molecule has 1 aliphatic rings. The van der Waals surface area contributed by atoms with Crippen LogP contribution in [0.15, 0.2) is 23.1 Å². The predicted octanol–water partition coefficient (Wildman–Crippen LogP) is 0.433. The highest BCUT2D eigenvalue weighted by Crippen LogP contribution is 2.20. The van der Waals surface area contributed by atoms with Crippen LogP contribution in [-0.4, -0.2) is 34.4 Å². The molecule has 1 aromatic carbocycles. The lowest BCUT2D eigenvalue weighted by Crippen LogP contribution is -2.43. The summed E-state index contributed by atoms with van der Waals surface area (Å²) in [5.74, 6) is -0.0177. The van der Waals surface area contributed by atoms with E-state index in [1.54, 1.807) is 19.1 Å². The molecule has 0 bridgehead atoms. The molecule has 6 nitrogen and oxygen atoms in total. The van der Waals surface area contributed by atoms with Crippen LogP contribution >= 0.6 is 0 Å². The summed E-state index contributed by atoms with van der Waals surface area (Å²) in [4.78, 5) is 0.0977. The molecule has 0 aliphatic carbocycles. The molecule has 2 rings (SSSR count). The summed E-state index contributed by atoms with van der Waals surface area (Å²) in [6.45, 7) is 1.67. The Morgan fingerprint density at radius 2 is 2.05 bits per heavy atom. The minimum atomic E-state index is -3.76. The first kappa shape index (κ1) is 15.3. The van der Waals surface area contributed by atoms with Gasteiger partial charge in [-0.2, -0.15) is 0 Å². The SMILES string of the molecule is Cc1ccc(N)cc1S(=O)(=O)NC1CCCS(=O)(=O)C1. The average Bonchev–Trinajstić information content (AvgIpc) is 2.30. The number of hydrogen-bond acceptors (Lipinski definition) is 5. The van der Waals surface area contributed by atoms with Gasteiger partial charge < -0.3 is 5.73 Å². The van der Waals surface area contributed by atoms with Crippen molar-refractivity contribution in [1.82, 2.24) is 4.72 Å². The van der Waals surface area contributed by atoms with Gasteiger partial charge in [0.15, 0.2) is 9.84 Å². The van der Waals surface area contributed by atoms with Crippen molar-refractivity contribution in [3.63, 3.8) is 0 Å². The van der Waals surface area contributed by atoms with Crippen LogP contribution in [0.4, 0.5) is 5.69 Å². The van der Waals surface area contributed by atoms with Crippen molar-refractivity contribution in [2.24, 2.45) is 0 Å². The van der Waals surface area contributed by atoms with Crippen molar-refractivity contribution < 1.29 is 16.8 Å². The number of benzene rings is 1. The Kier molecular flexibility index (Phi) is 4.08. The fourth-order valence-electron chi connectivity index (χ4n) is 2.30. The standard InChI is InChI=1S/C12H18N2O4S2/c1-9-4-5-10(13)7-12(9)20(17,18)14-11-3-2-6-19(15,16)8-11/h4-5,7,11,14H,2-3,6,8,13H2,1H3. The molecular formula is C12H18N2O4S2. The Balaban J connectivity index is 2.25. The number of anilines is 1. The summed E-state index contributed by atoms with van der Waals surface area (Å²) in [5.41, 5.74) is 6.54. The Bertz CT molecular complexity index is 711. The van der Waals surface area contributed by atoms with Crippen molar-refractivity contribution in [3.05, 3.63) is 23.8 Å². The average molecular weight is 318 g/mol. The molecule has 3 N–H and O–H groups in total. The molecule has 0 amide bonds. The maximum Gasteiger partial charge on any atom is 0.241 e. The molecule has 1 saturated heterocycles. The number of nitrogens with two attached hydrogens (primary N) is 1. The third-order valence-electron chi connectivity index (χ3n) is 3.29. The van der Waals surface area contributed by atoms with Crippen LogP contribution in [0.3, 0.4) is 0 Å². The first-order valence-electron chi connectivity index (χ1n) is 6.28. The molecule has 1 aromatic rings. The van der Waals surface area contributed by atoms with Gasteiger partial charge in [-0.25, -0.2) is 21.6 Å². The number of nitrogens with one attached hydrogen (secondary N) is 1. The van der Waals surface area contributed by atoms with Crippen molar-refractivity contribution in [1.29, 1.82) is 0 Å². The van der Waals surface area contributed by atoms with Crippen LogP contribution in [0.5, 0.6) is 0 Å². The largest absolute Gasteiger partial charge is 0.399 e. The number of sulfonamides is 1. The Hall–Kier alpha value is -1.12. The van der Waals surface area contributed by atoms with E-state index in [0.29, 0.717) is 24.1 Å². The zero-order valence-corrected chi connectivity index (χ0v) is 12.8. The highest BCUT2D eigenvalue weighted by atomic mass is 32.2. The number of sulfone groups is 1. The van der Waals surface area contributed by atoms with E-state index < -0.39 is 25.9 Å². The lowest BCUT2D eigenvalue weighted by atomic mass is 10.2. The normalized spacial score (nSPS) is 22.6. The van der Waals surface area contributed by atoms with Gasteiger partial charge in [0.2, 0.25) is 10.0 Å². The molecule has 1 unspecified atom stereocenters. The van der Waals surface area contributed by atoms with Crippen LogP contribution < -0.4 is 10.5 Å². The number of hydrogen-bond donors (Lipinski definition) is 2. The fraction of sp³-hybridized carbons (Fsp3) is 0.500. The Morgan fingerprint density at radius 1 is 1.35 bits per heavy atom. The van der Waals surface area contributed by atoms with Crippen molar-refractivity contribution >= 4 is 25.5 Å². The molecular weight excluding hydrogens is 300 g/mol. The van der Waals surface area contributed by atoms with Crippen LogP contribution in [0.2, 0.25) is 0 Å². The van der Waals surface area contributed by atoms with E-state index in [1.807, 2.05) is 0 Å². The van der Waals surface area contributed by atoms with Crippen molar-refractivity contribution in [2.75, 3.05) is 17.2 Å². The third-order valence-corrected chi connectivity index (χ3v) is 6.77. The molecule has 112 valence electrons. The second-order valence-electron chi connectivity index (χ2n) is 5.10. The summed E-state index contributed by atoms with van der Waals surface area (Å²) >= 11 is 0. The first-order valence-corrected chi connectivity index (χ1v) is 9.59. The maximum absolute atomic E-state index is 12.3. The number of nitrogen functional groups attached to an aromatic ring is 1. The molecule has 8 heteroatoms. The molecule has 20 heavy (non-hydrogen) atoms. The highest BCUT2D eigenvalue weighted by molar-refractivity contribution is 7.91. The molecule has 1 atom stereocenters. The van der Waals surface area contributed by atoms with Gasteiger partial charge in [0.25, 0.3) is 0 Å². The Labute approximate surface area is 119 Å². The van der Waals surface area contributed by atoms with Gasteiger partial charge in [-0.1, -0.05) is 6.07 Å². The molecule has 1 aliphatic heterocycles. The third kappa shape index (κ3) is 3.50. The second kappa shape index (κ2) is 5.34. The van der Waals surface area contributed by atoms with E-state index in [1.165, 1.54) is 6.07 Å². The summed E-state index contributed by atoms with van der Waals surface area (Å²) in [6, 6.07) is 4.07. The summed E-state index contributed by atoms with van der Waals surface area (Å²) in [7, 11) is -6.91. The summed E-state index contributed by atoms with van der Waals surface area (Å²) in [6.07, 6.45) is 1.01. The minimum Gasteiger partial charge on any atom is -0.399 e. The van der Waals surface area contributed by atoms with E-state index >= 15 is 0 Å². The molecule has 0 aromatic heterocycles. The molecule has 0 spiro atoms. The summed E-state index contributed by atoms with van der Waals surface area (Å²) in [5, 5.41) is 0. The zero-order chi connectivity index (χ0) is 15.0. The number of rotatable bonds is 3. The van der Waals surface area contributed by atoms with E-state index in [2.05, 4.69) is 4.72 Å². The first-order chi connectivity index (χ1) is 9.20. The molecule has 1 fully saturated rings. The second-order valence-corrected chi connectivity index (χ2v) is 9.01. The van der Waals surface area contributed by atoms with Gasteiger partial charge in [0.05, 0.1) is 16.4 Å². The smallest absolute Gasteiger partial charge is 0.241 e. The molecule has 0 radical (unpaired) electrons. The van der Waals surface area contributed by atoms with E-state index in [0.717, 1.165) is 0 Å². The zero-order valence-electron chi connectivity index (χ0n) is 11.2. The highest BCUT2D eigenvalue weighted by Gasteiger charge is 2.29. The van der Waals surface area contributed by atoms with Crippen molar-refractivity contribution in [3.8, 4) is 0 Å². The molecule has 1 heterocycles. The quantitative estimate of drug-likeness (QED) is 0.786. The topological polar surface area (TPSA) is 106 Å². The van der Waals surface area contributed by atoms with E-state index in [4.69, 9.17) is 5.73 Å². The van der Waals surface area contributed by atoms with Crippen LogP contribution in [0.1, 0.15) is 18.4 Å². The maximum atomic E-state index is 12.3. The van der Waals surface area contributed by atoms with Crippen LogP contribution in [0.25, 0.3) is 0 Å².